The van der Waals surface area contributed by atoms with E-state index in [0.29, 0.717) is 0 Å². The molecule has 2 N–H and O–H groups in total. The minimum atomic E-state index is -3.43. The van der Waals surface area contributed by atoms with E-state index in [0.717, 1.165) is 15.1 Å². The van der Waals surface area contributed by atoms with E-state index in [1.54, 1.807) is 12.1 Å². The molecule has 0 amide bonds. The van der Waals surface area contributed by atoms with Crippen LogP contribution in [0.1, 0.15) is 0 Å². The van der Waals surface area contributed by atoms with Crippen molar-refractivity contribution in [2.75, 3.05) is 5.73 Å². The minimum absolute atomic E-state index is 0.175. The zero-order chi connectivity index (χ0) is 11.1. The van der Waals surface area contributed by atoms with Crippen molar-refractivity contribution < 1.29 is 8.42 Å². The number of rotatable bonds is 2. The summed E-state index contributed by atoms with van der Waals surface area (Å²) in [5.74, 6) is 0. The van der Waals surface area contributed by atoms with E-state index in [-0.39, 0.29) is 13.5 Å². The first-order valence-corrected chi connectivity index (χ1v) is 7.63. The summed E-state index contributed by atoms with van der Waals surface area (Å²) in [4.78, 5) is 3.73. The highest BCUT2D eigenvalue weighted by molar-refractivity contribution is 9.11. The van der Waals surface area contributed by atoms with Gasteiger partial charge in [0.15, 0.2) is 5.13 Å². The summed E-state index contributed by atoms with van der Waals surface area (Å²) in [5, 5.41) is 0.254. The fourth-order valence-electron chi connectivity index (χ4n) is 0.938. The number of nitrogen functional groups attached to an aromatic ring is 1. The maximum absolute atomic E-state index is 12.0. The summed E-state index contributed by atoms with van der Waals surface area (Å²) >= 11 is 5.35. The number of hydrogen-bond acceptors (Lipinski definition) is 6. The number of sulfone groups is 1. The van der Waals surface area contributed by atoms with Crippen LogP contribution in [0.4, 0.5) is 5.13 Å². The number of halogens is 1. The minimum Gasteiger partial charge on any atom is -0.375 e. The lowest BCUT2D eigenvalue weighted by atomic mass is 10.7. The van der Waals surface area contributed by atoms with Crippen LogP contribution in [0.3, 0.4) is 0 Å². The maximum atomic E-state index is 12.0. The van der Waals surface area contributed by atoms with Crippen molar-refractivity contribution in [3.8, 4) is 0 Å². The summed E-state index contributed by atoms with van der Waals surface area (Å²) in [6.45, 7) is 0. The molecule has 0 saturated carbocycles. The summed E-state index contributed by atoms with van der Waals surface area (Å²) in [6.07, 6.45) is 1.28. The summed E-state index contributed by atoms with van der Waals surface area (Å²) in [5.41, 5.74) is 5.40. The average molecular weight is 325 g/mol. The van der Waals surface area contributed by atoms with E-state index in [1.807, 2.05) is 0 Å². The normalized spacial score (nSPS) is 11.8. The van der Waals surface area contributed by atoms with Crippen molar-refractivity contribution in [1.82, 2.24) is 4.98 Å². The zero-order valence-electron chi connectivity index (χ0n) is 7.18. The smallest absolute Gasteiger partial charge is 0.227 e. The number of nitrogens with two attached hydrogens (primary N) is 1. The van der Waals surface area contributed by atoms with Gasteiger partial charge in [-0.3, -0.25) is 0 Å². The van der Waals surface area contributed by atoms with E-state index < -0.39 is 9.84 Å². The van der Waals surface area contributed by atoms with Crippen molar-refractivity contribution >= 4 is 53.6 Å². The van der Waals surface area contributed by atoms with Crippen molar-refractivity contribution in [3.63, 3.8) is 0 Å². The molecule has 2 aromatic rings. The Morgan fingerprint density at radius 3 is 2.47 bits per heavy atom. The van der Waals surface area contributed by atoms with Crippen molar-refractivity contribution in [2.45, 2.75) is 8.42 Å². The topological polar surface area (TPSA) is 73.0 Å². The van der Waals surface area contributed by atoms with Gasteiger partial charge in [-0.2, -0.15) is 0 Å². The fraction of sp³-hybridized carbons (Fsp3) is 0. The Hall–Kier alpha value is -0.440. The first-order valence-electron chi connectivity index (χ1n) is 3.72. The largest absolute Gasteiger partial charge is 0.375 e. The molecule has 0 radical (unpaired) electrons. The Balaban J connectivity index is 2.53. The maximum Gasteiger partial charge on any atom is 0.227 e. The second-order valence-corrected chi connectivity index (χ2v) is 8.51. The van der Waals surface area contributed by atoms with E-state index in [1.165, 1.54) is 17.5 Å². The predicted octanol–water partition coefficient (Wildman–Crippen LogP) is 2.38. The number of nitrogens with zero attached hydrogens (tertiary/aromatic N) is 1. The highest BCUT2D eigenvalue weighted by atomic mass is 79.9. The molecule has 0 fully saturated rings. The number of thiophene rings is 1. The van der Waals surface area contributed by atoms with Crippen molar-refractivity contribution in [3.05, 3.63) is 22.1 Å². The van der Waals surface area contributed by atoms with Crippen LogP contribution in [0.5, 0.6) is 0 Å². The molecule has 2 aromatic heterocycles. The molecule has 0 aliphatic carbocycles. The van der Waals surface area contributed by atoms with Gasteiger partial charge < -0.3 is 5.73 Å². The van der Waals surface area contributed by atoms with Gasteiger partial charge in [-0.25, -0.2) is 13.4 Å². The van der Waals surface area contributed by atoms with Gasteiger partial charge in [0.05, 0.1) is 9.98 Å². The Morgan fingerprint density at radius 1 is 1.27 bits per heavy atom. The van der Waals surface area contributed by atoms with Crippen molar-refractivity contribution in [1.29, 1.82) is 0 Å². The van der Waals surface area contributed by atoms with Crippen LogP contribution >= 0.6 is 38.6 Å². The Labute approximate surface area is 103 Å². The third-order valence-corrected chi connectivity index (χ3v) is 6.74. The summed E-state index contributed by atoms with van der Waals surface area (Å²) < 4.78 is 25.2. The lowest BCUT2D eigenvalue weighted by molar-refractivity contribution is 0.600. The standard InChI is InChI=1S/C7H5BrN2O2S3/c8-4-1-2-5(13-4)15(11,12)6-3-10-7(9)14-6/h1-3H,(H2,9,10). The van der Waals surface area contributed by atoms with E-state index in [4.69, 9.17) is 5.73 Å². The van der Waals surface area contributed by atoms with Crippen LogP contribution in [-0.4, -0.2) is 13.4 Å². The SMILES string of the molecule is Nc1ncc(S(=O)(=O)c2ccc(Br)s2)s1. The number of aromatic nitrogens is 1. The molecule has 0 atom stereocenters. The highest BCUT2D eigenvalue weighted by Crippen LogP contribution is 2.33. The van der Waals surface area contributed by atoms with Gasteiger partial charge in [0.1, 0.15) is 8.42 Å². The van der Waals surface area contributed by atoms with Gasteiger partial charge in [-0.15, -0.1) is 11.3 Å². The third-order valence-electron chi connectivity index (χ3n) is 1.58. The molecule has 2 rings (SSSR count). The van der Waals surface area contributed by atoms with Gasteiger partial charge >= 0.3 is 0 Å². The summed E-state index contributed by atoms with van der Waals surface area (Å²) in [7, 11) is -3.43. The number of anilines is 1. The first kappa shape index (κ1) is 11.1. The van der Waals surface area contributed by atoms with Gasteiger partial charge in [0.2, 0.25) is 9.84 Å². The zero-order valence-corrected chi connectivity index (χ0v) is 11.2. The lowest BCUT2D eigenvalue weighted by Crippen LogP contribution is -1.95. The lowest BCUT2D eigenvalue weighted by Gasteiger charge is -1.94. The van der Waals surface area contributed by atoms with Crippen LogP contribution < -0.4 is 5.73 Å². The number of hydrogen-bond donors (Lipinski definition) is 1. The average Bonchev–Trinajstić information content (AvgIpc) is 2.74. The molecule has 8 heteroatoms. The Morgan fingerprint density at radius 2 is 2.00 bits per heavy atom. The van der Waals surface area contributed by atoms with Crippen LogP contribution in [-0.2, 0) is 9.84 Å². The van der Waals surface area contributed by atoms with Gasteiger partial charge in [-0.1, -0.05) is 11.3 Å². The molecule has 80 valence electrons. The van der Waals surface area contributed by atoms with Gasteiger partial charge in [0, 0.05) is 0 Å². The molecular weight excluding hydrogens is 320 g/mol. The fourth-order valence-corrected chi connectivity index (χ4v) is 5.53. The first-order chi connectivity index (χ1) is 7.00. The van der Waals surface area contributed by atoms with E-state index in [2.05, 4.69) is 20.9 Å². The molecule has 0 spiro atoms. The van der Waals surface area contributed by atoms with E-state index >= 15 is 0 Å². The predicted molar refractivity (Wildman–Crippen MR) is 64.0 cm³/mol. The van der Waals surface area contributed by atoms with Crippen LogP contribution in [0.25, 0.3) is 0 Å². The summed E-state index contributed by atoms with van der Waals surface area (Å²) in [6, 6.07) is 3.25. The molecular formula is C7H5BrN2O2S3. The highest BCUT2D eigenvalue weighted by Gasteiger charge is 2.22. The number of thiazole rings is 1. The molecule has 0 unspecified atom stereocenters. The van der Waals surface area contributed by atoms with Gasteiger partial charge in [0.25, 0.3) is 0 Å². The molecule has 0 bridgehead atoms. The third kappa shape index (κ3) is 2.07. The molecule has 0 aliphatic heterocycles. The van der Waals surface area contributed by atoms with Crippen molar-refractivity contribution in [2.24, 2.45) is 0 Å². The molecule has 0 aliphatic rings. The Bertz CT molecular complexity index is 541. The molecule has 0 aromatic carbocycles. The second kappa shape index (κ2) is 3.85. The second-order valence-electron chi connectivity index (χ2n) is 2.58. The molecule has 4 nitrogen and oxygen atoms in total. The quantitative estimate of drug-likeness (QED) is 0.920. The van der Waals surface area contributed by atoms with E-state index in [9.17, 15) is 8.42 Å². The van der Waals surface area contributed by atoms with Crippen LogP contribution in [0, 0.1) is 0 Å². The molecule has 0 saturated heterocycles. The van der Waals surface area contributed by atoms with Crippen LogP contribution in [0.2, 0.25) is 0 Å². The van der Waals surface area contributed by atoms with Crippen LogP contribution in [0.15, 0.2) is 30.5 Å². The molecule has 15 heavy (non-hydrogen) atoms. The molecule has 2 heterocycles. The monoisotopic (exact) mass is 324 g/mol. The Kier molecular flexibility index (Phi) is 2.84. The van der Waals surface area contributed by atoms with Gasteiger partial charge in [-0.05, 0) is 28.1 Å².